The maximum Gasteiger partial charge on any atom is 0.147 e. The van der Waals surface area contributed by atoms with Crippen molar-refractivity contribution in [3.8, 4) is 17.6 Å². The van der Waals surface area contributed by atoms with Gasteiger partial charge in [0.15, 0.2) is 0 Å². The van der Waals surface area contributed by atoms with Crippen LogP contribution >= 0.6 is 23.2 Å². The van der Waals surface area contributed by atoms with Crippen LogP contribution in [0, 0.1) is 11.3 Å². The molecule has 0 saturated heterocycles. The number of aliphatic hydroxyl groups is 1. The molecule has 2 aromatic rings. The number of benzene rings is 2. The van der Waals surface area contributed by atoms with Gasteiger partial charge in [-0.2, -0.15) is 5.26 Å². The van der Waals surface area contributed by atoms with E-state index >= 15 is 0 Å². The first-order valence-electron chi connectivity index (χ1n) is 7.41. The van der Waals surface area contributed by atoms with Gasteiger partial charge in [-0.3, -0.25) is 0 Å². The fourth-order valence-electron chi connectivity index (χ4n) is 1.55. The third-order valence-electron chi connectivity index (χ3n) is 2.47. The number of nitriles is 1. The average Bonchev–Trinajstić information content (AvgIpc) is 2.62. The molecular weight excluding hydrogens is 333 g/mol. The van der Waals surface area contributed by atoms with Crippen molar-refractivity contribution in [3.63, 3.8) is 0 Å². The Bertz CT molecular complexity index is 652. The lowest BCUT2D eigenvalue weighted by Crippen LogP contribution is -1.93. The van der Waals surface area contributed by atoms with Crippen LogP contribution in [0.25, 0.3) is 0 Å². The number of aliphatic hydroxyl groups excluding tert-OH is 1. The molecule has 0 atom stereocenters. The zero-order valence-corrected chi connectivity index (χ0v) is 15.2. The number of hydrogen-bond acceptors (Lipinski definition) is 3. The van der Waals surface area contributed by atoms with Crippen molar-refractivity contribution >= 4 is 23.2 Å². The predicted molar refractivity (Wildman–Crippen MR) is 96.3 cm³/mol. The highest BCUT2D eigenvalue weighted by atomic mass is 35.5. The predicted octanol–water partition coefficient (Wildman–Crippen LogP) is 6.20. The standard InChI is InChI=1S/C14H9Cl2NO2.2C2H6/c15-11-2-3-12(16)14(6-11)19-13-4-1-9(7-17)5-10(13)8-18;2*1-2/h1-6,18H,8H2;2*1-2H3. The molecular formula is C18H21Cl2NO2. The van der Waals surface area contributed by atoms with Crippen molar-refractivity contribution < 1.29 is 9.84 Å². The van der Waals surface area contributed by atoms with Crippen LogP contribution < -0.4 is 4.74 Å². The summed E-state index contributed by atoms with van der Waals surface area (Å²) >= 11 is 11.9. The lowest BCUT2D eigenvalue weighted by atomic mass is 10.1. The summed E-state index contributed by atoms with van der Waals surface area (Å²) in [5.41, 5.74) is 0.962. The zero-order valence-electron chi connectivity index (χ0n) is 13.7. The summed E-state index contributed by atoms with van der Waals surface area (Å²) in [4.78, 5) is 0. The maximum atomic E-state index is 9.29. The molecule has 2 aromatic carbocycles. The van der Waals surface area contributed by atoms with Crippen LogP contribution in [0.4, 0.5) is 0 Å². The summed E-state index contributed by atoms with van der Waals surface area (Å²) in [5, 5.41) is 19.0. The fourth-order valence-corrected chi connectivity index (χ4v) is 1.86. The molecule has 0 unspecified atom stereocenters. The number of ether oxygens (including phenoxy) is 1. The van der Waals surface area contributed by atoms with Crippen LogP contribution in [0.15, 0.2) is 36.4 Å². The molecule has 0 fully saturated rings. The molecule has 0 aliphatic rings. The Balaban J connectivity index is 0.00000112. The third-order valence-corrected chi connectivity index (χ3v) is 3.02. The highest BCUT2D eigenvalue weighted by Gasteiger charge is 2.09. The summed E-state index contributed by atoms with van der Waals surface area (Å²) < 4.78 is 5.63. The lowest BCUT2D eigenvalue weighted by molar-refractivity contribution is 0.276. The van der Waals surface area contributed by atoms with E-state index in [1.165, 1.54) is 0 Å². The topological polar surface area (TPSA) is 53.2 Å². The number of halogens is 2. The van der Waals surface area contributed by atoms with Gasteiger partial charge in [-0.25, -0.2) is 0 Å². The molecule has 0 amide bonds. The minimum absolute atomic E-state index is 0.233. The molecule has 0 heterocycles. The third kappa shape index (κ3) is 6.50. The van der Waals surface area contributed by atoms with Gasteiger partial charge in [0, 0.05) is 16.7 Å². The van der Waals surface area contributed by atoms with Crippen LogP contribution in [-0.4, -0.2) is 5.11 Å². The van der Waals surface area contributed by atoms with E-state index < -0.39 is 0 Å². The molecule has 0 aliphatic heterocycles. The summed E-state index contributed by atoms with van der Waals surface area (Å²) in [5.74, 6) is 0.833. The van der Waals surface area contributed by atoms with E-state index in [0.29, 0.717) is 32.7 Å². The first kappa shape index (κ1) is 21.3. The van der Waals surface area contributed by atoms with E-state index in [2.05, 4.69) is 0 Å². The van der Waals surface area contributed by atoms with Crippen LogP contribution in [0.2, 0.25) is 10.0 Å². The van der Waals surface area contributed by atoms with Crippen molar-refractivity contribution in [2.75, 3.05) is 0 Å². The summed E-state index contributed by atoms with van der Waals surface area (Å²) in [6, 6.07) is 11.6. The second-order valence-electron chi connectivity index (χ2n) is 3.77. The highest BCUT2D eigenvalue weighted by Crippen LogP contribution is 2.33. The first-order chi connectivity index (χ1) is 11.1. The summed E-state index contributed by atoms with van der Waals surface area (Å²) in [7, 11) is 0. The molecule has 0 radical (unpaired) electrons. The van der Waals surface area contributed by atoms with Gasteiger partial charge in [0.25, 0.3) is 0 Å². The van der Waals surface area contributed by atoms with Crippen LogP contribution in [-0.2, 0) is 6.61 Å². The Kier molecular flexibility index (Phi) is 10.9. The van der Waals surface area contributed by atoms with E-state index in [4.69, 9.17) is 33.2 Å². The monoisotopic (exact) mass is 353 g/mol. The van der Waals surface area contributed by atoms with E-state index in [-0.39, 0.29) is 6.61 Å². The Hall–Kier alpha value is -1.73. The van der Waals surface area contributed by atoms with E-state index in [1.54, 1.807) is 36.4 Å². The molecule has 0 spiro atoms. The molecule has 0 saturated carbocycles. The SMILES string of the molecule is CC.CC.N#Cc1ccc(Oc2cc(Cl)ccc2Cl)c(CO)c1. The molecule has 0 bridgehead atoms. The lowest BCUT2D eigenvalue weighted by Gasteiger charge is -2.11. The fraction of sp³-hybridized carbons (Fsp3) is 0.278. The molecule has 5 heteroatoms. The summed E-state index contributed by atoms with van der Waals surface area (Å²) in [6.45, 7) is 7.77. The number of nitrogens with zero attached hydrogens (tertiary/aromatic N) is 1. The van der Waals surface area contributed by atoms with Crippen LogP contribution in [0.3, 0.4) is 0 Å². The summed E-state index contributed by atoms with van der Waals surface area (Å²) in [6.07, 6.45) is 0. The maximum absolute atomic E-state index is 9.29. The smallest absolute Gasteiger partial charge is 0.147 e. The molecule has 2 rings (SSSR count). The molecule has 1 N–H and O–H groups in total. The second-order valence-corrected chi connectivity index (χ2v) is 4.61. The normalized spacial score (nSPS) is 8.78. The number of hydrogen-bond donors (Lipinski definition) is 1. The van der Waals surface area contributed by atoms with Gasteiger partial charge in [-0.15, -0.1) is 0 Å². The van der Waals surface area contributed by atoms with Crippen molar-refractivity contribution in [2.24, 2.45) is 0 Å². The van der Waals surface area contributed by atoms with Crippen molar-refractivity contribution in [2.45, 2.75) is 34.3 Å². The zero-order chi connectivity index (χ0) is 17.8. The number of rotatable bonds is 3. The van der Waals surface area contributed by atoms with E-state index in [9.17, 15) is 5.11 Å². The Labute approximate surface area is 148 Å². The Morgan fingerprint density at radius 3 is 2.22 bits per heavy atom. The van der Waals surface area contributed by atoms with Gasteiger partial charge in [0.2, 0.25) is 0 Å². The molecule has 0 aromatic heterocycles. The van der Waals surface area contributed by atoms with Crippen LogP contribution in [0.5, 0.6) is 11.5 Å². The first-order valence-corrected chi connectivity index (χ1v) is 8.16. The highest BCUT2D eigenvalue weighted by molar-refractivity contribution is 6.34. The van der Waals surface area contributed by atoms with Gasteiger partial charge < -0.3 is 9.84 Å². The quantitative estimate of drug-likeness (QED) is 0.714. The van der Waals surface area contributed by atoms with Crippen molar-refractivity contribution in [1.29, 1.82) is 5.26 Å². The second kappa shape index (κ2) is 11.8. The van der Waals surface area contributed by atoms with E-state index in [0.717, 1.165) is 0 Å². The van der Waals surface area contributed by atoms with Gasteiger partial charge in [0.1, 0.15) is 11.5 Å². The van der Waals surface area contributed by atoms with Gasteiger partial charge in [0.05, 0.1) is 23.3 Å². The van der Waals surface area contributed by atoms with Gasteiger partial charge in [-0.05, 0) is 30.3 Å². The van der Waals surface area contributed by atoms with Gasteiger partial charge >= 0.3 is 0 Å². The van der Waals surface area contributed by atoms with Crippen molar-refractivity contribution in [3.05, 3.63) is 57.6 Å². The largest absolute Gasteiger partial charge is 0.455 e. The molecule has 0 aliphatic carbocycles. The van der Waals surface area contributed by atoms with Crippen molar-refractivity contribution in [1.82, 2.24) is 0 Å². The molecule has 23 heavy (non-hydrogen) atoms. The molecule has 3 nitrogen and oxygen atoms in total. The molecule has 124 valence electrons. The average molecular weight is 354 g/mol. The minimum atomic E-state index is -0.233. The Morgan fingerprint density at radius 2 is 1.65 bits per heavy atom. The van der Waals surface area contributed by atoms with Gasteiger partial charge in [-0.1, -0.05) is 50.9 Å². The van der Waals surface area contributed by atoms with Crippen LogP contribution in [0.1, 0.15) is 38.8 Å². The van der Waals surface area contributed by atoms with E-state index in [1.807, 2.05) is 33.8 Å². The Morgan fingerprint density at radius 1 is 1.00 bits per heavy atom. The minimum Gasteiger partial charge on any atom is -0.455 e.